The van der Waals surface area contributed by atoms with Crippen LogP contribution in [0, 0.1) is 0 Å². The molecule has 2 atom stereocenters. The Morgan fingerprint density at radius 2 is 1.95 bits per heavy atom. The zero-order chi connectivity index (χ0) is 28.6. The van der Waals surface area contributed by atoms with Crippen LogP contribution in [0.4, 0.5) is 0 Å². The Morgan fingerprint density at radius 1 is 1.15 bits per heavy atom. The predicted octanol–water partition coefficient (Wildman–Crippen LogP) is 2.54. The maximum absolute atomic E-state index is 12.9. The molecule has 0 saturated heterocycles. The van der Waals surface area contributed by atoms with Crippen LogP contribution in [0.5, 0.6) is 5.75 Å². The van der Waals surface area contributed by atoms with Crippen LogP contribution in [0.2, 0.25) is 0 Å². The summed E-state index contributed by atoms with van der Waals surface area (Å²) in [4.78, 5) is 46.0. The van der Waals surface area contributed by atoms with Gasteiger partial charge in [-0.15, -0.1) is 0 Å². The molecule has 2 amide bonds. The first-order valence-electron chi connectivity index (χ1n) is 13.2. The molecular weight excluding hydrogens is 510 g/mol. The first kappa shape index (κ1) is 28.6. The summed E-state index contributed by atoms with van der Waals surface area (Å²) in [6, 6.07) is 11.8. The highest BCUT2D eigenvalue weighted by Crippen LogP contribution is 2.37. The van der Waals surface area contributed by atoms with Gasteiger partial charge in [0.2, 0.25) is 11.8 Å². The number of imidazole rings is 1. The Morgan fingerprint density at radius 3 is 2.67 bits per heavy atom. The van der Waals surface area contributed by atoms with E-state index in [9.17, 15) is 19.5 Å². The minimum absolute atomic E-state index is 0.0481. The lowest BCUT2D eigenvalue weighted by Gasteiger charge is -2.18. The average molecular weight is 546 g/mol. The van der Waals surface area contributed by atoms with Gasteiger partial charge in [0.15, 0.2) is 0 Å². The molecule has 1 aliphatic heterocycles. The van der Waals surface area contributed by atoms with E-state index in [0.29, 0.717) is 12.3 Å². The highest BCUT2D eigenvalue weighted by Gasteiger charge is 2.25. The Kier molecular flexibility index (Phi) is 9.34. The number of nitrogens with zero attached hydrogens (tertiary/aromatic N) is 2. The molecule has 0 fully saturated rings. The number of amides is 2. The van der Waals surface area contributed by atoms with Gasteiger partial charge >= 0.3 is 5.97 Å². The van der Waals surface area contributed by atoms with Crippen molar-refractivity contribution in [1.82, 2.24) is 25.5 Å². The maximum atomic E-state index is 12.9. The van der Waals surface area contributed by atoms with E-state index in [0.717, 1.165) is 46.5 Å². The number of hydrogen-bond donors (Lipinski definition) is 4. The predicted molar refractivity (Wildman–Crippen MR) is 151 cm³/mol. The fraction of sp³-hybridized carbons (Fsp3) is 0.333. The summed E-state index contributed by atoms with van der Waals surface area (Å²) in [6.45, 7) is 2.88. The minimum Gasteiger partial charge on any atom is -0.488 e. The molecular formula is C30H35N5O5. The summed E-state index contributed by atoms with van der Waals surface area (Å²) in [5.41, 5.74) is 5.54. The third kappa shape index (κ3) is 7.35. The number of benzene rings is 2. The second-order valence-corrected chi connectivity index (χ2v) is 10.1. The fourth-order valence-corrected chi connectivity index (χ4v) is 4.58. The van der Waals surface area contributed by atoms with E-state index in [4.69, 9.17) is 4.74 Å². The van der Waals surface area contributed by atoms with Crippen molar-refractivity contribution in [1.29, 1.82) is 0 Å². The Bertz CT molecular complexity index is 1380. The van der Waals surface area contributed by atoms with Crippen LogP contribution < -0.4 is 15.4 Å². The number of fused-ring (bicyclic) bond motifs is 2. The number of H-pyrrole nitrogens is 1. The number of nitrogens with one attached hydrogen (secondary N) is 3. The molecule has 210 valence electrons. The zero-order valence-electron chi connectivity index (χ0n) is 22.9. The van der Waals surface area contributed by atoms with Gasteiger partial charge in [0.05, 0.1) is 12.7 Å². The van der Waals surface area contributed by atoms with Gasteiger partial charge in [-0.3, -0.25) is 9.59 Å². The van der Waals surface area contributed by atoms with Crippen molar-refractivity contribution in [2.75, 3.05) is 20.6 Å². The van der Waals surface area contributed by atoms with Crippen molar-refractivity contribution in [2.24, 2.45) is 0 Å². The van der Waals surface area contributed by atoms with Crippen LogP contribution in [-0.2, 0) is 33.8 Å². The molecule has 1 aromatic heterocycles. The number of carbonyl (C=O) groups is 3. The second kappa shape index (κ2) is 13.1. The van der Waals surface area contributed by atoms with E-state index < -0.39 is 24.0 Å². The average Bonchev–Trinajstić information content (AvgIpc) is 3.38. The van der Waals surface area contributed by atoms with Crippen LogP contribution in [0.3, 0.4) is 0 Å². The topological polar surface area (TPSA) is 137 Å². The van der Waals surface area contributed by atoms with E-state index >= 15 is 0 Å². The van der Waals surface area contributed by atoms with E-state index in [1.54, 1.807) is 0 Å². The van der Waals surface area contributed by atoms with Gasteiger partial charge < -0.3 is 30.4 Å². The number of rotatable bonds is 11. The smallest absolute Gasteiger partial charge is 0.326 e. The van der Waals surface area contributed by atoms with Gasteiger partial charge in [0, 0.05) is 30.4 Å². The molecule has 0 radical (unpaired) electrons. The van der Waals surface area contributed by atoms with Crippen LogP contribution in [0.25, 0.3) is 5.57 Å². The number of aliphatic carboxylic acids is 1. The first-order valence-corrected chi connectivity index (χ1v) is 13.2. The lowest BCUT2D eigenvalue weighted by Crippen LogP contribution is -2.51. The molecule has 0 spiro atoms. The molecule has 4 N–H and O–H groups in total. The van der Waals surface area contributed by atoms with Gasteiger partial charge in [-0.1, -0.05) is 36.4 Å². The third-order valence-corrected chi connectivity index (χ3v) is 6.68. The van der Waals surface area contributed by atoms with Gasteiger partial charge in [-0.05, 0) is 61.8 Å². The van der Waals surface area contributed by atoms with E-state index in [1.807, 2.05) is 44.4 Å². The zero-order valence-corrected chi connectivity index (χ0v) is 22.9. The molecule has 10 nitrogen and oxygen atoms in total. The molecule has 0 unspecified atom stereocenters. The van der Waals surface area contributed by atoms with Crippen molar-refractivity contribution in [3.8, 4) is 5.75 Å². The van der Waals surface area contributed by atoms with Crippen molar-refractivity contribution < 1.29 is 24.2 Å². The van der Waals surface area contributed by atoms with Crippen molar-refractivity contribution >= 4 is 23.4 Å². The summed E-state index contributed by atoms with van der Waals surface area (Å²) in [5, 5.41) is 14.7. The summed E-state index contributed by atoms with van der Waals surface area (Å²) in [5.74, 6) is -1.36. The second-order valence-electron chi connectivity index (χ2n) is 10.1. The van der Waals surface area contributed by atoms with E-state index in [1.165, 1.54) is 19.4 Å². The Hall–Kier alpha value is -4.44. The van der Waals surface area contributed by atoms with Gasteiger partial charge in [0.25, 0.3) is 0 Å². The maximum Gasteiger partial charge on any atom is 0.326 e. The fourth-order valence-electron chi connectivity index (χ4n) is 4.58. The minimum atomic E-state index is -1.18. The number of carboxylic acids is 1. The van der Waals surface area contributed by atoms with Crippen molar-refractivity contribution in [2.45, 2.75) is 44.9 Å². The number of aromatic nitrogens is 2. The lowest BCUT2D eigenvalue weighted by atomic mass is 9.92. The highest BCUT2D eigenvalue weighted by atomic mass is 16.5. The molecule has 4 rings (SSSR count). The molecule has 0 bridgehead atoms. The molecule has 2 heterocycles. The van der Waals surface area contributed by atoms with Crippen LogP contribution in [-0.4, -0.2) is 70.5 Å². The summed E-state index contributed by atoms with van der Waals surface area (Å²) >= 11 is 0. The molecule has 40 heavy (non-hydrogen) atoms. The SMILES string of the molecule is C[C@H](NC(=O)Cc1ccc2c(c1)/C(=C\CCN(C)C)c1ccccc1CO2)C(=O)N[C@@H](Cc1cnc[nH]1)C(=O)O. The lowest BCUT2D eigenvalue weighted by molar-refractivity contribution is -0.142. The van der Waals surface area contributed by atoms with E-state index in [2.05, 4.69) is 43.7 Å². The monoisotopic (exact) mass is 545 g/mol. The van der Waals surface area contributed by atoms with Crippen molar-refractivity contribution in [3.63, 3.8) is 0 Å². The first-order chi connectivity index (χ1) is 19.2. The largest absolute Gasteiger partial charge is 0.488 e. The standard InChI is InChI=1S/C30H35N5O5/c1-19(29(37)34-26(30(38)39)15-22-16-31-18-32-22)33-28(36)14-20-10-11-27-25(13-20)24(9-6-12-35(2)3)23-8-5-4-7-21(23)17-40-27/h4-5,7-11,13,16,18-19,26H,6,12,14-15,17H2,1-3H3,(H,31,32)(H,33,36)(H,34,37)(H,38,39)/b24-9-/t19-,26-/m0/s1. The molecule has 3 aromatic rings. The normalized spacial score (nSPS) is 14.8. The number of aromatic amines is 1. The van der Waals surface area contributed by atoms with Crippen LogP contribution in [0.15, 0.2) is 61.1 Å². The number of carbonyl (C=O) groups excluding carboxylic acids is 2. The molecule has 10 heteroatoms. The summed E-state index contributed by atoms with van der Waals surface area (Å²) in [7, 11) is 4.07. The van der Waals surface area contributed by atoms with Gasteiger partial charge in [0.1, 0.15) is 24.4 Å². The summed E-state index contributed by atoms with van der Waals surface area (Å²) in [6.07, 6.45) is 6.10. The van der Waals surface area contributed by atoms with E-state index in [-0.39, 0.29) is 18.7 Å². The third-order valence-electron chi connectivity index (χ3n) is 6.68. The Labute approximate surface area is 233 Å². The number of carboxylic acid groups (broad SMARTS) is 1. The number of hydrogen-bond acceptors (Lipinski definition) is 6. The molecule has 1 aliphatic rings. The van der Waals surface area contributed by atoms with Crippen molar-refractivity contribution in [3.05, 3.63) is 89.0 Å². The van der Waals surface area contributed by atoms with Gasteiger partial charge in [-0.2, -0.15) is 0 Å². The van der Waals surface area contributed by atoms with Crippen LogP contribution in [0.1, 0.15) is 41.3 Å². The molecule has 0 aliphatic carbocycles. The highest BCUT2D eigenvalue weighted by molar-refractivity contribution is 5.91. The number of ether oxygens (including phenoxy) is 1. The summed E-state index contributed by atoms with van der Waals surface area (Å²) < 4.78 is 6.12. The van der Waals surface area contributed by atoms with Crippen LogP contribution >= 0.6 is 0 Å². The van der Waals surface area contributed by atoms with Gasteiger partial charge in [-0.25, -0.2) is 9.78 Å². The molecule has 0 saturated carbocycles. The quantitative estimate of drug-likeness (QED) is 0.291. The Balaban J connectivity index is 1.45. The molecule has 2 aromatic carbocycles.